The number of amides is 2. The molecule has 0 fully saturated rings. The van der Waals surface area contributed by atoms with Gasteiger partial charge in [0.25, 0.3) is 5.91 Å². The van der Waals surface area contributed by atoms with Gasteiger partial charge < -0.3 is 20.0 Å². The van der Waals surface area contributed by atoms with Crippen LogP contribution in [0.5, 0.6) is 0 Å². The molecule has 10 nitrogen and oxygen atoms in total. The molecule has 3 aromatic carbocycles. The van der Waals surface area contributed by atoms with Crippen molar-refractivity contribution in [2.45, 2.75) is 44.7 Å². The number of hydroxylamine groups is 1. The van der Waals surface area contributed by atoms with E-state index in [4.69, 9.17) is 9.57 Å². The SMILES string of the molecule is CON[C@H](C(=O)NN(Cc1ccccc1)C[C@H](O)[C@H](Cc1ccccc1)NC(=O)OCc1ccccc1)C(C)C=C=O. The average Bonchev–Trinajstić information content (AvgIpc) is 3.00. The number of nitrogens with zero attached hydrogens (tertiary/aromatic N) is 1. The number of alkyl carbamates (subject to hydrolysis) is 1. The molecule has 0 aliphatic carbocycles. The predicted octanol–water partition coefficient (Wildman–Crippen LogP) is 2.96. The Bertz CT molecular complexity index is 1270. The van der Waals surface area contributed by atoms with Gasteiger partial charge in [0.1, 0.15) is 18.6 Å². The van der Waals surface area contributed by atoms with E-state index in [1.807, 2.05) is 91.0 Å². The number of benzene rings is 3. The Morgan fingerprint density at radius 2 is 1.50 bits per heavy atom. The molecular weight excluding hydrogens is 536 g/mol. The number of carbonyl (C=O) groups is 2. The van der Waals surface area contributed by atoms with Gasteiger partial charge in [-0.05, 0) is 23.1 Å². The Balaban J connectivity index is 1.78. The average molecular weight is 575 g/mol. The third-order valence-corrected chi connectivity index (χ3v) is 6.55. The molecule has 0 saturated heterocycles. The van der Waals surface area contributed by atoms with Crippen molar-refractivity contribution in [1.82, 2.24) is 21.2 Å². The van der Waals surface area contributed by atoms with Gasteiger partial charge in [0, 0.05) is 25.1 Å². The van der Waals surface area contributed by atoms with Crippen molar-refractivity contribution in [2.24, 2.45) is 5.92 Å². The first-order valence-corrected chi connectivity index (χ1v) is 13.7. The summed E-state index contributed by atoms with van der Waals surface area (Å²) in [7, 11) is 1.37. The second-order valence-corrected chi connectivity index (χ2v) is 9.86. The molecule has 222 valence electrons. The summed E-state index contributed by atoms with van der Waals surface area (Å²) in [4.78, 5) is 42.0. The van der Waals surface area contributed by atoms with Crippen LogP contribution in [0.2, 0.25) is 0 Å². The minimum absolute atomic E-state index is 0.0330. The molecule has 0 bridgehead atoms. The van der Waals surface area contributed by atoms with Gasteiger partial charge in [-0.25, -0.2) is 14.6 Å². The van der Waals surface area contributed by atoms with Crippen LogP contribution in [0.25, 0.3) is 0 Å². The van der Waals surface area contributed by atoms with E-state index < -0.39 is 36.1 Å². The first-order chi connectivity index (χ1) is 20.4. The maximum absolute atomic E-state index is 13.3. The normalized spacial score (nSPS) is 13.7. The van der Waals surface area contributed by atoms with Gasteiger partial charge in [-0.2, -0.15) is 5.48 Å². The third kappa shape index (κ3) is 10.9. The van der Waals surface area contributed by atoms with E-state index in [1.165, 1.54) is 13.2 Å². The minimum Gasteiger partial charge on any atom is -0.445 e. The van der Waals surface area contributed by atoms with Crippen LogP contribution >= 0.6 is 0 Å². The molecule has 3 aromatic rings. The molecule has 0 spiro atoms. The van der Waals surface area contributed by atoms with Crippen molar-refractivity contribution in [2.75, 3.05) is 13.7 Å². The van der Waals surface area contributed by atoms with Crippen molar-refractivity contribution < 1.29 is 29.1 Å². The number of nitrogens with one attached hydrogen (secondary N) is 3. The van der Waals surface area contributed by atoms with Crippen LogP contribution in [0.3, 0.4) is 0 Å². The van der Waals surface area contributed by atoms with E-state index in [-0.39, 0.29) is 19.7 Å². The van der Waals surface area contributed by atoms with Gasteiger partial charge >= 0.3 is 6.09 Å². The number of ether oxygens (including phenoxy) is 1. The van der Waals surface area contributed by atoms with Crippen LogP contribution in [-0.2, 0) is 38.7 Å². The molecule has 42 heavy (non-hydrogen) atoms. The van der Waals surface area contributed by atoms with Crippen LogP contribution in [-0.4, -0.2) is 59.9 Å². The summed E-state index contributed by atoms with van der Waals surface area (Å²) < 4.78 is 5.42. The van der Waals surface area contributed by atoms with E-state index in [0.717, 1.165) is 16.7 Å². The zero-order valence-corrected chi connectivity index (χ0v) is 23.8. The number of aliphatic hydroxyl groups excluding tert-OH is 1. The minimum atomic E-state index is -1.11. The summed E-state index contributed by atoms with van der Waals surface area (Å²) in [6.07, 6.45) is -0.228. The Hall–Kier alpha value is -4.31. The van der Waals surface area contributed by atoms with E-state index in [9.17, 15) is 19.5 Å². The van der Waals surface area contributed by atoms with Gasteiger partial charge in [0.2, 0.25) is 0 Å². The molecule has 2 amide bonds. The lowest BCUT2D eigenvalue weighted by Gasteiger charge is -2.32. The van der Waals surface area contributed by atoms with Crippen molar-refractivity contribution in [3.05, 3.63) is 114 Å². The quantitative estimate of drug-likeness (QED) is 0.152. The lowest BCUT2D eigenvalue weighted by molar-refractivity contribution is -0.133. The summed E-state index contributed by atoms with van der Waals surface area (Å²) in [5, 5.41) is 15.8. The van der Waals surface area contributed by atoms with Crippen molar-refractivity contribution in [1.29, 1.82) is 0 Å². The van der Waals surface area contributed by atoms with Crippen molar-refractivity contribution >= 4 is 17.9 Å². The largest absolute Gasteiger partial charge is 0.445 e. The zero-order chi connectivity index (χ0) is 30.2. The molecule has 0 aliphatic heterocycles. The van der Waals surface area contributed by atoms with E-state index >= 15 is 0 Å². The highest BCUT2D eigenvalue weighted by molar-refractivity contribution is 5.82. The first-order valence-electron chi connectivity index (χ1n) is 13.7. The molecule has 0 radical (unpaired) electrons. The lowest BCUT2D eigenvalue weighted by atomic mass is 10.0. The standard InChI is InChI=1S/C32H38N4O6/c1-24(18-19-37)30(35-41-2)31(39)34-36(21-26-14-8-4-9-15-26)22-29(38)28(20-25-12-6-3-7-13-25)33-32(40)42-23-27-16-10-5-11-17-27/h3-18,24,28-30,35,38H,20-23H2,1-2H3,(H,33,40)(H,34,39)/t24?,28-,29-,30-/m0/s1. The highest BCUT2D eigenvalue weighted by Gasteiger charge is 2.29. The molecule has 4 atom stereocenters. The second kappa shape index (κ2) is 17.5. The fourth-order valence-electron chi connectivity index (χ4n) is 4.33. The summed E-state index contributed by atoms with van der Waals surface area (Å²) in [6, 6.07) is 26.5. The highest BCUT2D eigenvalue weighted by Crippen LogP contribution is 2.12. The molecule has 4 N–H and O–H groups in total. The monoisotopic (exact) mass is 574 g/mol. The molecule has 3 rings (SSSR count). The van der Waals surface area contributed by atoms with E-state index in [1.54, 1.807) is 17.9 Å². The maximum atomic E-state index is 13.3. The Labute approximate surface area is 246 Å². The van der Waals surface area contributed by atoms with Crippen LogP contribution < -0.4 is 16.2 Å². The first kappa shape index (κ1) is 32.2. The zero-order valence-electron chi connectivity index (χ0n) is 23.8. The van der Waals surface area contributed by atoms with Gasteiger partial charge in [0.15, 0.2) is 0 Å². The number of aliphatic hydroxyl groups is 1. The molecular formula is C32H38N4O6. The van der Waals surface area contributed by atoms with Crippen molar-refractivity contribution in [3.8, 4) is 0 Å². The van der Waals surface area contributed by atoms with Crippen LogP contribution in [0, 0.1) is 5.92 Å². The molecule has 0 saturated carbocycles. The van der Waals surface area contributed by atoms with Gasteiger partial charge in [0.05, 0.1) is 19.3 Å². The lowest BCUT2D eigenvalue weighted by Crippen LogP contribution is -2.56. The highest BCUT2D eigenvalue weighted by atomic mass is 16.6. The summed E-state index contributed by atoms with van der Waals surface area (Å²) >= 11 is 0. The van der Waals surface area contributed by atoms with Crippen LogP contribution in [0.15, 0.2) is 97.1 Å². The van der Waals surface area contributed by atoms with Crippen LogP contribution in [0.4, 0.5) is 4.79 Å². The molecule has 0 heterocycles. The van der Waals surface area contributed by atoms with Crippen LogP contribution in [0.1, 0.15) is 23.6 Å². The van der Waals surface area contributed by atoms with E-state index in [2.05, 4.69) is 16.2 Å². The number of rotatable bonds is 16. The maximum Gasteiger partial charge on any atom is 0.407 e. The van der Waals surface area contributed by atoms with E-state index in [0.29, 0.717) is 6.42 Å². The number of carbonyl (C=O) groups excluding carboxylic acids is 3. The number of hydrazine groups is 1. The Morgan fingerprint density at radius 3 is 2.07 bits per heavy atom. The number of hydrogen-bond acceptors (Lipinski definition) is 8. The fraction of sp³-hybridized carbons (Fsp3) is 0.312. The predicted molar refractivity (Wildman–Crippen MR) is 158 cm³/mol. The third-order valence-electron chi connectivity index (χ3n) is 6.55. The Morgan fingerprint density at radius 1 is 0.929 bits per heavy atom. The molecule has 0 aliphatic rings. The smallest absolute Gasteiger partial charge is 0.407 e. The second-order valence-electron chi connectivity index (χ2n) is 9.86. The van der Waals surface area contributed by atoms with Gasteiger partial charge in [-0.3, -0.25) is 10.2 Å². The molecule has 1 unspecified atom stereocenters. The molecule has 10 heteroatoms. The van der Waals surface area contributed by atoms with Gasteiger partial charge in [-0.1, -0.05) is 97.9 Å². The summed E-state index contributed by atoms with van der Waals surface area (Å²) in [5.41, 5.74) is 8.08. The fourth-order valence-corrected chi connectivity index (χ4v) is 4.33. The Kier molecular flexibility index (Phi) is 13.4. The topological polar surface area (TPSA) is 129 Å². The molecule has 0 aromatic heterocycles. The summed E-state index contributed by atoms with van der Waals surface area (Å²) in [5.74, 6) is 0.700. The van der Waals surface area contributed by atoms with Crippen molar-refractivity contribution in [3.63, 3.8) is 0 Å². The van der Waals surface area contributed by atoms with Gasteiger partial charge in [-0.15, -0.1) is 0 Å². The number of hydrogen-bond donors (Lipinski definition) is 4. The summed E-state index contributed by atoms with van der Waals surface area (Å²) in [6.45, 7) is 1.99.